The maximum absolute atomic E-state index is 12.0. The van der Waals surface area contributed by atoms with Gasteiger partial charge < -0.3 is 20.7 Å². The Bertz CT molecular complexity index is 410. The predicted molar refractivity (Wildman–Crippen MR) is 70.4 cm³/mol. The van der Waals surface area contributed by atoms with E-state index >= 15 is 0 Å². The minimum Gasteiger partial charge on any atom is -0.397 e. The number of hydrogen-bond donors (Lipinski definition) is 3. The van der Waals surface area contributed by atoms with Crippen molar-refractivity contribution in [2.45, 2.75) is 38.1 Å². The number of aliphatic hydroxyl groups excluding tert-OH is 1. The fourth-order valence-corrected chi connectivity index (χ4v) is 2.04. The Kier molecular flexibility index (Phi) is 4.25. The first-order valence-electron chi connectivity index (χ1n) is 6.59. The van der Waals surface area contributed by atoms with E-state index in [1.165, 1.54) is 0 Å². The van der Waals surface area contributed by atoms with Gasteiger partial charge in [0.2, 0.25) is 0 Å². The first-order valence-corrected chi connectivity index (χ1v) is 6.59. The summed E-state index contributed by atoms with van der Waals surface area (Å²) < 4.78 is 1.98. The molecule has 0 atom stereocenters. The number of aliphatic hydroxyl groups is 1. The van der Waals surface area contributed by atoms with Crippen LogP contribution >= 0.6 is 0 Å². The van der Waals surface area contributed by atoms with E-state index < -0.39 is 0 Å². The Morgan fingerprint density at radius 1 is 1.44 bits per heavy atom. The van der Waals surface area contributed by atoms with E-state index in [1.54, 1.807) is 6.07 Å². The zero-order valence-corrected chi connectivity index (χ0v) is 10.6. The highest BCUT2D eigenvalue weighted by molar-refractivity contribution is 5.93. The van der Waals surface area contributed by atoms with Gasteiger partial charge in [0, 0.05) is 25.4 Å². The van der Waals surface area contributed by atoms with E-state index in [-0.39, 0.29) is 12.5 Å². The summed E-state index contributed by atoms with van der Waals surface area (Å²) in [4.78, 5) is 12.0. The molecule has 1 aliphatic carbocycles. The van der Waals surface area contributed by atoms with E-state index in [0.717, 1.165) is 32.1 Å². The second-order valence-electron chi connectivity index (χ2n) is 4.84. The number of nitrogens with zero attached hydrogens (tertiary/aromatic N) is 1. The van der Waals surface area contributed by atoms with E-state index in [9.17, 15) is 4.79 Å². The number of rotatable bonds is 7. The van der Waals surface area contributed by atoms with Crippen LogP contribution in [0.4, 0.5) is 5.69 Å². The number of amides is 1. The lowest BCUT2D eigenvalue weighted by Crippen LogP contribution is -2.26. The highest BCUT2D eigenvalue weighted by Crippen LogP contribution is 2.37. The van der Waals surface area contributed by atoms with E-state index in [1.807, 2.05) is 10.8 Å². The van der Waals surface area contributed by atoms with Gasteiger partial charge in [-0.1, -0.05) is 0 Å². The lowest BCUT2D eigenvalue weighted by molar-refractivity contribution is 0.0943. The first-order chi connectivity index (χ1) is 8.72. The molecule has 2 rings (SSSR count). The average Bonchev–Trinajstić information content (AvgIpc) is 3.12. The van der Waals surface area contributed by atoms with Crippen molar-refractivity contribution >= 4 is 11.6 Å². The van der Waals surface area contributed by atoms with Crippen molar-refractivity contribution < 1.29 is 9.90 Å². The van der Waals surface area contributed by atoms with Crippen molar-refractivity contribution in [1.29, 1.82) is 0 Å². The number of nitrogen functional groups attached to an aromatic ring is 1. The first kappa shape index (κ1) is 13.0. The van der Waals surface area contributed by atoms with Gasteiger partial charge in [-0.25, -0.2) is 0 Å². The highest BCUT2D eigenvalue weighted by atomic mass is 16.2. The highest BCUT2D eigenvalue weighted by Gasteiger charge is 2.27. The molecule has 1 aromatic rings. The zero-order chi connectivity index (χ0) is 13.0. The average molecular weight is 251 g/mol. The summed E-state index contributed by atoms with van der Waals surface area (Å²) in [6.07, 6.45) is 6.73. The number of nitrogens with two attached hydrogens (primary N) is 1. The lowest BCUT2D eigenvalue weighted by Gasteiger charge is -2.08. The number of anilines is 1. The summed E-state index contributed by atoms with van der Waals surface area (Å²) in [5.41, 5.74) is 7.06. The Balaban J connectivity index is 1.84. The Morgan fingerprint density at radius 3 is 2.89 bits per heavy atom. The maximum Gasteiger partial charge on any atom is 0.267 e. The monoisotopic (exact) mass is 251 g/mol. The Labute approximate surface area is 107 Å². The molecule has 1 aromatic heterocycles. The Hall–Kier alpha value is -1.49. The van der Waals surface area contributed by atoms with Crippen molar-refractivity contribution in [3.63, 3.8) is 0 Å². The van der Waals surface area contributed by atoms with Gasteiger partial charge in [0.25, 0.3) is 5.91 Å². The van der Waals surface area contributed by atoms with Crippen molar-refractivity contribution in [3.05, 3.63) is 18.0 Å². The minimum absolute atomic E-state index is 0.0531. The van der Waals surface area contributed by atoms with Gasteiger partial charge in [0.05, 0.1) is 5.69 Å². The minimum atomic E-state index is -0.0531. The quantitative estimate of drug-likeness (QED) is 0.639. The number of hydrogen-bond acceptors (Lipinski definition) is 3. The summed E-state index contributed by atoms with van der Waals surface area (Å²) >= 11 is 0. The molecule has 4 N–H and O–H groups in total. The van der Waals surface area contributed by atoms with Crippen LogP contribution in [-0.4, -0.2) is 28.7 Å². The number of carbonyl (C=O) groups excluding carboxylic acids is 1. The summed E-state index contributed by atoms with van der Waals surface area (Å²) in [7, 11) is 0. The van der Waals surface area contributed by atoms with Gasteiger partial charge >= 0.3 is 0 Å². The third-order valence-corrected chi connectivity index (χ3v) is 3.16. The van der Waals surface area contributed by atoms with Crippen molar-refractivity contribution in [2.24, 2.45) is 0 Å². The van der Waals surface area contributed by atoms with Crippen LogP contribution < -0.4 is 11.1 Å². The van der Waals surface area contributed by atoms with Crippen LogP contribution in [0.25, 0.3) is 0 Å². The van der Waals surface area contributed by atoms with E-state index in [2.05, 4.69) is 5.32 Å². The van der Waals surface area contributed by atoms with Gasteiger partial charge in [-0.15, -0.1) is 0 Å². The molecule has 0 spiro atoms. The van der Waals surface area contributed by atoms with Crippen LogP contribution in [0.1, 0.15) is 48.6 Å². The van der Waals surface area contributed by atoms with Crippen LogP contribution in [0.5, 0.6) is 0 Å². The molecule has 18 heavy (non-hydrogen) atoms. The summed E-state index contributed by atoms with van der Waals surface area (Å²) in [6, 6.07) is 2.19. The lowest BCUT2D eigenvalue weighted by atomic mass is 10.2. The van der Waals surface area contributed by atoms with Crippen molar-refractivity contribution in [1.82, 2.24) is 9.88 Å². The van der Waals surface area contributed by atoms with Gasteiger partial charge in [0.15, 0.2) is 0 Å². The third kappa shape index (κ3) is 3.26. The topological polar surface area (TPSA) is 80.3 Å². The van der Waals surface area contributed by atoms with Crippen molar-refractivity contribution in [3.8, 4) is 0 Å². The summed E-state index contributed by atoms with van der Waals surface area (Å²) in [5, 5.41) is 11.6. The van der Waals surface area contributed by atoms with Crippen LogP contribution in [0.15, 0.2) is 12.3 Å². The van der Waals surface area contributed by atoms with Crippen molar-refractivity contribution in [2.75, 3.05) is 18.9 Å². The smallest absolute Gasteiger partial charge is 0.267 e. The molecule has 0 unspecified atom stereocenters. The number of carbonyl (C=O) groups is 1. The molecule has 1 fully saturated rings. The molecular formula is C13H21N3O2. The molecule has 0 radical (unpaired) electrons. The van der Waals surface area contributed by atoms with Gasteiger partial charge in [-0.05, 0) is 38.2 Å². The summed E-state index contributed by atoms with van der Waals surface area (Å²) in [5.74, 6) is -0.0531. The van der Waals surface area contributed by atoms with Gasteiger partial charge in [0.1, 0.15) is 5.69 Å². The molecule has 0 bridgehead atoms. The molecule has 1 saturated carbocycles. The molecule has 5 heteroatoms. The molecule has 1 amide bonds. The van der Waals surface area contributed by atoms with Gasteiger partial charge in [-0.2, -0.15) is 0 Å². The second-order valence-corrected chi connectivity index (χ2v) is 4.84. The largest absolute Gasteiger partial charge is 0.397 e. The molecular weight excluding hydrogens is 230 g/mol. The molecule has 1 aliphatic rings. The SMILES string of the molecule is Nc1cc(C(=O)NCCCCCO)n(C2CC2)c1. The number of unbranched alkanes of at least 4 members (excludes halogenated alkanes) is 2. The standard InChI is InChI=1S/C13H21N3O2/c14-10-8-12(16(9-10)11-4-5-11)13(18)15-6-2-1-3-7-17/h8-9,11,17H,1-7,14H2,(H,15,18). The fourth-order valence-electron chi connectivity index (χ4n) is 2.04. The molecule has 100 valence electrons. The van der Waals surface area contributed by atoms with Gasteiger partial charge in [-0.3, -0.25) is 4.79 Å². The molecule has 0 aromatic carbocycles. The van der Waals surface area contributed by atoms with Crippen LogP contribution in [-0.2, 0) is 0 Å². The normalized spacial score (nSPS) is 14.7. The predicted octanol–water partition coefficient (Wildman–Crippen LogP) is 1.30. The Morgan fingerprint density at radius 2 is 2.22 bits per heavy atom. The van der Waals surface area contributed by atoms with E-state index in [4.69, 9.17) is 10.8 Å². The summed E-state index contributed by atoms with van der Waals surface area (Å²) in [6.45, 7) is 0.865. The van der Waals surface area contributed by atoms with E-state index in [0.29, 0.717) is 24.0 Å². The zero-order valence-electron chi connectivity index (χ0n) is 10.6. The maximum atomic E-state index is 12.0. The molecule has 0 aliphatic heterocycles. The molecule has 1 heterocycles. The molecule has 0 saturated heterocycles. The third-order valence-electron chi connectivity index (χ3n) is 3.16. The fraction of sp³-hybridized carbons (Fsp3) is 0.615. The van der Waals surface area contributed by atoms with Crippen LogP contribution in [0.2, 0.25) is 0 Å². The van der Waals surface area contributed by atoms with Crippen LogP contribution in [0.3, 0.4) is 0 Å². The second kappa shape index (κ2) is 5.91. The number of nitrogens with one attached hydrogen (secondary N) is 1. The van der Waals surface area contributed by atoms with Crippen LogP contribution in [0, 0.1) is 0 Å². The number of aromatic nitrogens is 1. The molecule has 5 nitrogen and oxygen atoms in total.